The summed E-state index contributed by atoms with van der Waals surface area (Å²) in [5, 5.41) is 6.88. The molecule has 1 aromatic heterocycles. The molecule has 2 rings (SSSR count). The van der Waals surface area contributed by atoms with Crippen molar-refractivity contribution < 1.29 is 4.42 Å². The van der Waals surface area contributed by atoms with Crippen molar-refractivity contribution in [1.29, 1.82) is 0 Å². The fourth-order valence-corrected chi connectivity index (χ4v) is 3.19. The number of furan rings is 1. The van der Waals surface area contributed by atoms with E-state index in [0.717, 1.165) is 31.4 Å². The maximum Gasteiger partial charge on any atom is 0.191 e. The van der Waals surface area contributed by atoms with Crippen molar-refractivity contribution in [3.63, 3.8) is 0 Å². The molecular weight excluding hydrogens is 417 g/mol. The zero-order valence-corrected chi connectivity index (χ0v) is 17.6. The van der Waals surface area contributed by atoms with Crippen LogP contribution in [-0.4, -0.2) is 69.1 Å². The van der Waals surface area contributed by atoms with E-state index in [2.05, 4.69) is 46.4 Å². The Morgan fingerprint density at radius 2 is 2.25 bits per heavy atom. The van der Waals surface area contributed by atoms with Crippen LogP contribution in [0.15, 0.2) is 27.8 Å². The Balaban J connectivity index is 0.00000288. The molecule has 0 saturated carbocycles. The lowest BCUT2D eigenvalue weighted by atomic mass is 10.2. The molecule has 1 aliphatic rings. The first-order valence-electron chi connectivity index (χ1n) is 8.54. The van der Waals surface area contributed by atoms with Crippen molar-refractivity contribution in [2.75, 3.05) is 47.3 Å². The zero-order chi connectivity index (χ0) is 16.7. The van der Waals surface area contributed by atoms with E-state index >= 15 is 0 Å². The van der Waals surface area contributed by atoms with Gasteiger partial charge in [-0.1, -0.05) is 6.92 Å². The van der Waals surface area contributed by atoms with Crippen LogP contribution in [0, 0.1) is 0 Å². The van der Waals surface area contributed by atoms with Gasteiger partial charge >= 0.3 is 0 Å². The second-order valence-corrected chi connectivity index (χ2v) is 6.25. The average molecular weight is 449 g/mol. The number of rotatable bonds is 7. The Kier molecular flexibility index (Phi) is 9.68. The summed E-state index contributed by atoms with van der Waals surface area (Å²) < 4.78 is 5.54. The van der Waals surface area contributed by atoms with Crippen molar-refractivity contribution >= 4 is 29.9 Å². The first-order valence-corrected chi connectivity index (χ1v) is 8.54. The van der Waals surface area contributed by atoms with Gasteiger partial charge in [0, 0.05) is 26.2 Å². The Hall–Kier alpha value is -0.800. The lowest BCUT2D eigenvalue weighted by Gasteiger charge is -2.26. The van der Waals surface area contributed by atoms with Crippen molar-refractivity contribution in [3.8, 4) is 0 Å². The zero-order valence-electron chi connectivity index (χ0n) is 15.3. The van der Waals surface area contributed by atoms with Crippen LogP contribution in [0.5, 0.6) is 0 Å². The normalized spacial score (nSPS) is 20.0. The van der Waals surface area contributed by atoms with Gasteiger partial charge < -0.3 is 15.1 Å². The van der Waals surface area contributed by atoms with Gasteiger partial charge in [0.25, 0.3) is 0 Å². The van der Waals surface area contributed by atoms with Gasteiger partial charge in [0.05, 0.1) is 12.3 Å². The summed E-state index contributed by atoms with van der Waals surface area (Å²) in [6.45, 7) is 6.27. The summed E-state index contributed by atoms with van der Waals surface area (Å²) in [4.78, 5) is 9.02. The molecule has 0 aliphatic carbocycles. The van der Waals surface area contributed by atoms with E-state index in [9.17, 15) is 0 Å². The van der Waals surface area contributed by atoms with E-state index in [4.69, 9.17) is 4.42 Å². The van der Waals surface area contributed by atoms with E-state index in [1.54, 1.807) is 6.26 Å². The highest BCUT2D eigenvalue weighted by atomic mass is 127. The van der Waals surface area contributed by atoms with Crippen LogP contribution >= 0.6 is 24.0 Å². The van der Waals surface area contributed by atoms with Crippen molar-refractivity contribution in [2.24, 2.45) is 4.99 Å². The smallest absolute Gasteiger partial charge is 0.191 e. The molecule has 2 unspecified atom stereocenters. The van der Waals surface area contributed by atoms with Crippen LogP contribution in [0.4, 0.5) is 0 Å². The van der Waals surface area contributed by atoms with Crippen LogP contribution in [-0.2, 0) is 0 Å². The fraction of sp³-hybridized carbons (Fsp3) is 0.706. The molecule has 1 saturated heterocycles. The monoisotopic (exact) mass is 449 g/mol. The third kappa shape index (κ3) is 5.93. The van der Waals surface area contributed by atoms with Gasteiger partial charge in [0.2, 0.25) is 0 Å². The molecule has 7 heteroatoms. The molecular formula is C17H32IN5O. The van der Waals surface area contributed by atoms with Crippen LogP contribution in [0.3, 0.4) is 0 Å². The minimum absolute atomic E-state index is 0. The summed E-state index contributed by atoms with van der Waals surface area (Å²) >= 11 is 0. The SMILES string of the molecule is CCN1CCCC1CNC(=NC)NCC(c1ccco1)N(C)C.I. The number of hydrogen-bond donors (Lipinski definition) is 2. The number of likely N-dealkylation sites (tertiary alicyclic amines) is 1. The Bertz CT molecular complexity index is 477. The van der Waals surface area contributed by atoms with E-state index in [-0.39, 0.29) is 30.0 Å². The summed E-state index contributed by atoms with van der Waals surface area (Å²) in [6, 6.07) is 4.74. The maximum absolute atomic E-state index is 5.54. The maximum atomic E-state index is 5.54. The number of aliphatic imine (C=N–C) groups is 1. The lowest BCUT2D eigenvalue weighted by molar-refractivity contribution is 0.256. The number of likely N-dealkylation sites (N-methyl/N-ethyl adjacent to an activating group) is 2. The van der Waals surface area contributed by atoms with Gasteiger partial charge in [-0.15, -0.1) is 24.0 Å². The number of nitrogens with zero attached hydrogens (tertiary/aromatic N) is 3. The molecule has 6 nitrogen and oxygen atoms in total. The van der Waals surface area contributed by atoms with Gasteiger partial charge in [0.15, 0.2) is 5.96 Å². The second kappa shape index (κ2) is 10.9. The molecule has 0 spiro atoms. The Morgan fingerprint density at radius 1 is 1.46 bits per heavy atom. The van der Waals surface area contributed by atoms with Gasteiger partial charge in [-0.05, 0) is 52.2 Å². The first-order chi connectivity index (χ1) is 11.2. The second-order valence-electron chi connectivity index (χ2n) is 6.25. The quantitative estimate of drug-likeness (QED) is 0.380. The average Bonchev–Trinajstić information content (AvgIpc) is 3.21. The van der Waals surface area contributed by atoms with Gasteiger partial charge in [-0.25, -0.2) is 0 Å². The van der Waals surface area contributed by atoms with Crippen molar-refractivity contribution in [3.05, 3.63) is 24.2 Å². The van der Waals surface area contributed by atoms with Crippen LogP contribution in [0.2, 0.25) is 0 Å². The van der Waals surface area contributed by atoms with E-state index in [1.165, 1.54) is 19.4 Å². The topological polar surface area (TPSA) is 56.0 Å². The molecule has 2 atom stereocenters. The van der Waals surface area contributed by atoms with Gasteiger partial charge in [-0.3, -0.25) is 14.8 Å². The number of halogens is 1. The number of nitrogens with one attached hydrogen (secondary N) is 2. The van der Waals surface area contributed by atoms with E-state index in [1.807, 2.05) is 19.2 Å². The van der Waals surface area contributed by atoms with Crippen LogP contribution in [0.1, 0.15) is 31.6 Å². The molecule has 0 amide bonds. The Morgan fingerprint density at radius 3 is 2.83 bits per heavy atom. The van der Waals surface area contributed by atoms with Gasteiger partial charge in [0.1, 0.15) is 5.76 Å². The molecule has 1 aromatic rings. The first kappa shape index (κ1) is 21.2. The van der Waals surface area contributed by atoms with E-state index in [0.29, 0.717) is 6.04 Å². The molecule has 1 fully saturated rings. The molecule has 1 aliphatic heterocycles. The van der Waals surface area contributed by atoms with Crippen molar-refractivity contribution in [1.82, 2.24) is 20.4 Å². The molecule has 0 radical (unpaired) electrons. The number of guanidine groups is 1. The summed E-state index contributed by atoms with van der Waals surface area (Å²) in [7, 11) is 5.94. The summed E-state index contributed by atoms with van der Waals surface area (Å²) in [5.41, 5.74) is 0. The van der Waals surface area contributed by atoms with E-state index < -0.39 is 0 Å². The molecule has 2 heterocycles. The lowest BCUT2D eigenvalue weighted by Crippen LogP contribution is -2.46. The highest BCUT2D eigenvalue weighted by Gasteiger charge is 2.23. The molecule has 0 aromatic carbocycles. The van der Waals surface area contributed by atoms with Gasteiger partial charge in [-0.2, -0.15) is 0 Å². The summed E-state index contributed by atoms with van der Waals surface area (Å²) in [6.07, 6.45) is 4.29. The summed E-state index contributed by atoms with van der Waals surface area (Å²) in [5.74, 6) is 1.82. The molecule has 2 N–H and O–H groups in total. The standard InChI is InChI=1S/C17H31N5O.HI/c1-5-22-10-6-8-14(22)12-19-17(18-2)20-13-15(21(3)4)16-9-7-11-23-16;/h7,9,11,14-15H,5-6,8,10,12-13H2,1-4H3,(H2,18,19,20);1H. The largest absolute Gasteiger partial charge is 0.468 e. The number of hydrogen-bond acceptors (Lipinski definition) is 4. The molecule has 0 bridgehead atoms. The third-order valence-corrected chi connectivity index (χ3v) is 4.59. The minimum Gasteiger partial charge on any atom is -0.468 e. The third-order valence-electron chi connectivity index (χ3n) is 4.59. The van der Waals surface area contributed by atoms with Crippen molar-refractivity contribution in [2.45, 2.75) is 31.8 Å². The predicted octanol–water partition coefficient (Wildman–Crippen LogP) is 2.15. The Labute approximate surface area is 163 Å². The highest BCUT2D eigenvalue weighted by Crippen LogP contribution is 2.17. The van der Waals surface area contributed by atoms with Crippen LogP contribution in [0.25, 0.3) is 0 Å². The molecule has 138 valence electrons. The molecule has 24 heavy (non-hydrogen) atoms. The van der Waals surface area contributed by atoms with Crippen LogP contribution < -0.4 is 10.6 Å². The fourth-order valence-electron chi connectivity index (χ4n) is 3.19. The predicted molar refractivity (Wildman–Crippen MR) is 110 cm³/mol. The minimum atomic E-state index is 0. The highest BCUT2D eigenvalue weighted by molar-refractivity contribution is 14.0.